The van der Waals surface area contributed by atoms with Crippen LogP contribution in [-0.2, 0) is 11.3 Å². The maximum absolute atomic E-state index is 13.4. The maximum Gasteiger partial charge on any atom is 0.258 e. The van der Waals surface area contributed by atoms with Crippen LogP contribution in [0.25, 0.3) is 0 Å². The van der Waals surface area contributed by atoms with Crippen LogP contribution in [0.1, 0.15) is 27.7 Å². The minimum atomic E-state index is -0.573. The molecule has 0 bridgehead atoms. The number of rotatable bonds is 7. The number of nitrogens with zero attached hydrogens (tertiary/aromatic N) is 1. The number of primary amides is 1. The van der Waals surface area contributed by atoms with Gasteiger partial charge >= 0.3 is 0 Å². The van der Waals surface area contributed by atoms with Crippen LogP contribution in [0.4, 0.5) is 5.69 Å². The summed E-state index contributed by atoms with van der Waals surface area (Å²) in [4.78, 5) is 26.2. The first kappa shape index (κ1) is 20.3. The molecule has 0 radical (unpaired) electrons. The quantitative estimate of drug-likeness (QED) is 0.615. The van der Waals surface area contributed by atoms with Crippen LogP contribution in [0.15, 0.2) is 72.8 Å². The lowest BCUT2D eigenvalue weighted by molar-refractivity contribution is -0.119. The van der Waals surface area contributed by atoms with Crippen molar-refractivity contribution < 1.29 is 19.1 Å². The summed E-state index contributed by atoms with van der Waals surface area (Å²) in [6.45, 7) is 0.192. The van der Waals surface area contributed by atoms with Gasteiger partial charge in [0.05, 0.1) is 12.7 Å². The summed E-state index contributed by atoms with van der Waals surface area (Å²) in [5.41, 5.74) is 8.42. The van der Waals surface area contributed by atoms with Crippen molar-refractivity contribution in [1.82, 2.24) is 4.90 Å². The second kappa shape index (κ2) is 8.79. The molecular formula is C24H23N3O4. The summed E-state index contributed by atoms with van der Waals surface area (Å²) >= 11 is 0. The van der Waals surface area contributed by atoms with E-state index < -0.39 is 12.1 Å². The number of carbonyl (C=O) groups excluding carboxylic acids is 2. The first-order valence-corrected chi connectivity index (χ1v) is 9.86. The van der Waals surface area contributed by atoms with E-state index in [1.54, 1.807) is 17.0 Å². The Balaban J connectivity index is 1.71. The lowest BCUT2D eigenvalue weighted by Gasteiger charge is -2.38. The zero-order valence-corrected chi connectivity index (χ0v) is 17.1. The fourth-order valence-corrected chi connectivity index (χ4v) is 3.62. The number of anilines is 1. The van der Waals surface area contributed by atoms with Gasteiger partial charge in [-0.3, -0.25) is 9.59 Å². The summed E-state index contributed by atoms with van der Waals surface area (Å²) in [6, 6.07) is 22.6. The average Bonchev–Trinajstić information content (AvgIpc) is 2.80. The molecule has 0 saturated carbocycles. The van der Waals surface area contributed by atoms with Gasteiger partial charge in [-0.25, -0.2) is 0 Å². The highest BCUT2D eigenvalue weighted by molar-refractivity contribution is 6.01. The molecule has 7 nitrogen and oxygen atoms in total. The van der Waals surface area contributed by atoms with E-state index in [1.807, 2.05) is 60.7 Å². The van der Waals surface area contributed by atoms with Crippen LogP contribution in [0, 0.1) is 0 Å². The molecule has 0 aromatic heterocycles. The lowest BCUT2D eigenvalue weighted by Crippen LogP contribution is -2.42. The van der Waals surface area contributed by atoms with Gasteiger partial charge in [0.15, 0.2) is 18.1 Å². The molecule has 4 rings (SSSR count). The number of nitrogens with two attached hydrogens (primary N) is 1. The number of benzene rings is 3. The zero-order chi connectivity index (χ0) is 21.8. The molecule has 3 N–H and O–H groups in total. The number of carbonyl (C=O) groups is 2. The number of fused-ring (bicyclic) bond motifs is 1. The third-order valence-electron chi connectivity index (χ3n) is 5.09. The van der Waals surface area contributed by atoms with Crippen molar-refractivity contribution in [1.29, 1.82) is 0 Å². The first-order valence-electron chi connectivity index (χ1n) is 9.86. The molecule has 0 spiro atoms. The third kappa shape index (κ3) is 4.30. The Labute approximate surface area is 180 Å². The van der Waals surface area contributed by atoms with E-state index in [2.05, 4.69) is 5.32 Å². The van der Waals surface area contributed by atoms with Gasteiger partial charge in [0.1, 0.15) is 6.17 Å². The van der Waals surface area contributed by atoms with Crippen LogP contribution < -0.4 is 20.5 Å². The summed E-state index contributed by atoms with van der Waals surface area (Å²) in [5.74, 6) is 0.223. The molecule has 158 valence electrons. The molecule has 0 fully saturated rings. The highest BCUT2D eigenvalue weighted by Gasteiger charge is 2.33. The van der Waals surface area contributed by atoms with Crippen molar-refractivity contribution >= 4 is 17.5 Å². The molecule has 0 saturated heterocycles. The molecule has 3 aromatic rings. The highest BCUT2D eigenvalue weighted by atomic mass is 16.5. The van der Waals surface area contributed by atoms with Gasteiger partial charge in [-0.15, -0.1) is 0 Å². The van der Waals surface area contributed by atoms with Gasteiger partial charge in [-0.2, -0.15) is 0 Å². The smallest absolute Gasteiger partial charge is 0.258 e. The van der Waals surface area contributed by atoms with Crippen molar-refractivity contribution in [2.75, 3.05) is 19.0 Å². The van der Waals surface area contributed by atoms with Crippen molar-refractivity contribution in [3.8, 4) is 11.5 Å². The van der Waals surface area contributed by atoms with Crippen LogP contribution in [-0.4, -0.2) is 30.4 Å². The van der Waals surface area contributed by atoms with Crippen LogP contribution in [0.3, 0.4) is 0 Å². The van der Waals surface area contributed by atoms with E-state index in [1.165, 1.54) is 7.11 Å². The molecule has 1 atom stereocenters. The molecule has 7 heteroatoms. The number of methoxy groups -OCH3 is 1. The van der Waals surface area contributed by atoms with Gasteiger partial charge < -0.3 is 25.4 Å². The Morgan fingerprint density at radius 1 is 1.03 bits per heavy atom. The van der Waals surface area contributed by atoms with E-state index in [-0.39, 0.29) is 12.5 Å². The number of nitrogens with one attached hydrogen (secondary N) is 1. The Hall–Kier alpha value is -4.00. The van der Waals surface area contributed by atoms with Crippen molar-refractivity contribution in [2.24, 2.45) is 5.73 Å². The highest BCUT2D eigenvalue weighted by Crippen LogP contribution is 2.37. The lowest BCUT2D eigenvalue weighted by atomic mass is 10.0. The number of ether oxygens (including phenoxy) is 2. The fraction of sp³-hybridized carbons (Fsp3) is 0.167. The van der Waals surface area contributed by atoms with Crippen LogP contribution in [0.5, 0.6) is 11.5 Å². The molecule has 1 aliphatic heterocycles. The average molecular weight is 417 g/mol. The second-order valence-corrected chi connectivity index (χ2v) is 7.18. The summed E-state index contributed by atoms with van der Waals surface area (Å²) in [6.07, 6.45) is -0.415. The Bertz CT molecular complexity index is 1100. The zero-order valence-electron chi connectivity index (χ0n) is 17.1. The molecule has 1 heterocycles. The predicted octanol–water partition coefficient (Wildman–Crippen LogP) is 3.33. The van der Waals surface area contributed by atoms with Gasteiger partial charge in [-0.1, -0.05) is 48.5 Å². The predicted molar refractivity (Wildman–Crippen MR) is 117 cm³/mol. The molecule has 31 heavy (non-hydrogen) atoms. The molecule has 0 aliphatic carbocycles. The third-order valence-corrected chi connectivity index (χ3v) is 5.09. The van der Waals surface area contributed by atoms with Gasteiger partial charge in [0, 0.05) is 12.2 Å². The Morgan fingerprint density at radius 3 is 2.52 bits per heavy atom. The van der Waals surface area contributed by atoms with E-state index in [0.717, 1.165) is 16.8 Å². The maximum atomic E-state index is 13.4. The van der Waals surface area contributed by atoms with E-state index >= 15 is 0 Å². The van der Waals surface area contributed by atoms with Gasteiger partial charge in [0.2, 0.25) is 0 Å². The SMILES string of the molecule is COc1cc([C@@H]2Nc3ccccc3C(=O)N2Cc2ccccc2)ccc1OCC(N)=O. The van der Waals surface area contributed by atoms with Crippen molar-refractivity contribution in [3.63, 3.8) is 0 Å². The molecule has 0 unspecified atom stereocenters. The fourth-order valence-electron chi connectivity index (χ4n) is 3.62. The molecular weight excluding hydrogens is 394 g/mol. The van der Waals surface area contributed by atoms with E-state index in [0.29, 0.717) is 23.6 Å². The number of hydrogen-bond donors (Lipinski definition) is 2. The standard InChI is InChI=1S/C24H23N3O4/c1-30-21-13-17(11-12-20(21)31-15-22(25)28)23-26-19-10-6-5-9-18(19)24(29)27(23)14-16-7-3-2-4-8-16/h2-13,23,26H,14-15H2,1H3,(H2,25,28)/t23-/m1/s1. The Kier molecular flexibility index (Phi) is 5.75. The van der Waals surface area contributed by atoms with Crippen LogP contribution >= 0.6 is 0 Å². The van der Waals surface area contributed by atoms with Crippen molar-refractivity contribution in [2.45, 2.75) is 12.7 Å². The normalized spacial score (nSPS) is 15.1. The largest absolute Gasteiger partial charge is 0.493 e. The summed E-state index contributed by atoms with van der Waals surface area (Å²) < 4.78 is 10.9. The van der Waals surface area contributed by atoms with Gasteiger partial charge in [-0.05, 0) is 35.4 Å². The number of amides is 2. The van der Waals surface area contributed by atoms with E-state index in [4.69, 9.17) is 15.2 Å². The molecule has 3 aromatic carbocycles. The van der Waals surface area contributed by atoms with Gasteiger partial charge in [0.25, 0.3) is 11.8 Å². The topological polar surface area (TPSA) is 93.9 Å². The van der Waals surface area contributed by atoms with E-state index in [9.17, 15) is 9.59 Å². The summed E-state index contributed by atoms with van der Waals surface area (Å²) in [5, 5.41) is 3.47. The second-order valence-electron chi connectivity index (χ2n) is 7.18. The summed E-state index contributed by atoms with van der Waals surface area (Å²) in [7, 11) is 1.52. The number of hydrogen-bond acceptors (Lipinski definition) is 5. The van der Waals surface area contributed by atoms with Crippen LogP contribution in [0.2, 0.25) is 0 Å². The molecule has 1 aliphatic rings. The minimum absolute atomic E-state index is 0.0591. The minimum Gasteiger partial charge on any atom is -0.493 e. The van der Waals surface area contributed by atoms with Crippen molar-refractivity contribution in [3.05, 3.63) is 89.5 Å². The monoisotopic (exact) mass is 417 g/mol. The first-order chi connectivity index (χ1) is 15.1. The number of para-hydroxylation sites is 1. The molecule has 2 amide bonds. The Morgan fingerprint density at radius 2 is 1.77 bits per heavy atom.